The van der Waals surface area contributed by atoms with E-state index in [2.05, 4.69) is 5.10 Å². The number of nitrogens with one attached hydrogen (secondary N) is 1. The third-order valence-electron chi connectivity index (χ3n) is 0.786. The fraction of sp³-hybridized carbons (Fsp3) is 0.600. The molecule has 0 rings (SSSR count). The highest BCUT2D eigenvalue weighted by Crippen LogP contribution is 1.78. The molecule has 9 heavy (non-hydrogen) atoms. The van der Waals surface area contributed by atoms with Gasteiger partial charge in [0, 0.05) is 13.3 Å². The predicted octanol–water partition coefficient (Wildman–Crippen LogP) is 0.207. The second-order valence-electron chi connectivity index (χ2n) is 1.62. The maximum Gasteiger partial charge on any atom is 0.208 e. The summed E-state index contributed by atoms with van der Waals surface area (Å²) >= 11 is 0. The van der Waals surface area contributed by atoms with Gasteiger partial charge in [0.05, 0.1) is 0 Å². The van der Waals surface area contributed by atoms with Crippen LogP contribution in [0.4, 0.5) is 0 Å². The predicted molar refractivity (Wildman–Crippen MR) is 38.5 cm³/mol. The fourth-order valence-electron chi connectivity index (χ4n) is 0.266. The zero-order valence-electron chi connectivity index (χ0n) is 5.76. The molecule has 0 atom stereocenters. The summed E-state index contributed by atoms with van der Waals surface area (Å²) in [5.74, 6) is -0.0419. The smallest absolute Gasteiger partial charge is 0.208 e. The van der Waals surface area contributed by atoms with Gasteiger partial charge in [0.25, 0.3) is 0 Å². The summed E-state index contributed by atoms with van der Waals surface area (Å²) in [6.45, 7) is 1.97. The fourth-order valence-corrected chi connectivity index (χ4v) is 0.266. The highest BCUT2D eigenvalue weighted by atomic mass is 15.5. The third kappa shape index (κ3) is 3.52. The molecule has 0 fully saturated rings. The van der Waals surface area contributed by atoms with Crippen molar-refractivity contribution in [1.29, 1.82) is 5.41 Å². The molecule has 52 valence electrons. The minimum Gasteiger partial charge on any atom is -0.369 e. The van der Waals surface area contributed by atoms with Crippen molar-refractivity contribution in [3.63, 3.8) is 0 Å². The van der Waals surface area contributed by atoms with Gasteiger partial charge in [-0.3, -0.25) is 5.41 Å². The van der Waals surface area contributed by atoms with Crippen LogP contribution >= 0.6 is 0 Å². The van der Waals surface area contributed by atoms with Gasteiger partial charge < -0.3 is 5.73 Å². The maximum atomic E-state index is 6.87. The molecule has 0 aliphatic carbocycles. The quantitative estimate of drug-likeness (QED) is 0.317. The summed E-state index contributed by atoms with van der Waals surface area (Å²) in [4.78, 5) is 0. The Bertz CT molecular complexity index is 118. The van der Waals surface area contributed by atoms with Crippen molar-refractivity contribution in [1.82, 2.24) is 5.01 Å². The average Bonchev–Trinajstić information content (AvgIpc) is 1.82. The first-order chi connectivity index (χ1) is 4.18. The van der Waals surface area contributed by atoms with E-state index < -0.39 is 0 Å². The van der Waals surface area contributed by atoms with Crippen LogP contribution in [0.15, 0.2) is 5.10 Å². The van der Waals surface area contributed by atoms with Gasteiger partial charge in [0.1, 0.15) is 0 Å². The number of hydrogen-bond acceptors (Lipinski definition) is 2. The highest BCUT2D eigenvalue weighted by Gasteiger charge is 1.90. The Morgan fingerprint density at radius 3 is 2.78 bits per heavy atom. The van der Waals surface area contributed by atoms with E-state index in [0.717, 1.165) is 6.42 Å². The zero-order valence-corrected chi connectivity index (χ0v) is 5.76. The van der Waals surface area contributed by atoms with E-state index >= 15 is 0 Å². The van der Waals surface area contributed by atoms with E-state index in [-0.39, 0.29) is 5.96 Å². The Morgan fingerprint density at radius 1 is 1.89 bits per heavy atom. The Labute approximate surface area is 54.8 Å². The molecular formula is C5H12N4. The number of rotatable bonds is 2. The molecular weight excluding hydrogens is 116 g/mol. The van der Waals surface area contributed by atoms with Crippen molar-refractivity contribution in [3.05, 3.63) is 0 Å². The summed E-state index contributed by atoms with van der Waals surface area (Å²) in [6, 6.07) is 0. The summed E-state index contributed by atoms with van der Waals surface area (Å²) in [7, 11) is 1.63. The second kappa shape index (κ2) is 3.88. The molecule has 0 aromatic heterocycles. The Hall–Kier alpha value is -1.06. The van der Waals surface area contributed by atoms with Crippen LogP contribution in [0.2, 0.25) is 0 Å². The molecule has 0 radical (unpaired) electrons. The lowest BCUT2D eigenvalue weighted by Crippen LogP contribution is -2.28. The van der Waals surface area contributed by atoms with Gasteiger partial charge in [-0.1, -0.05) is 6.92 Å². The lowest BCUT2D eigenvalue weighted by atomic mass is 10.6. The molecule has 0 saturated heterocycles. The highest BCUT2D eigenvalue weighted by molar-refractivity contribution is 5.75. The molecule has 0 bridgehead atoms. The van der Waals surface area contributed by atoms with E-state index in [1.165, 1.54) is 5.01 Å². The van der Waals surface area contributed by atoms with Gasteiger partial charge in [-0.05, 0) is 6.42 Å². The Morgan fingerprint density at radius 2 is 2.44 bits per heavy atom. The van der Waals surface area contributed by atoms with Crippen LogP contribution in [0.1, 0.15) is 13.3 Å². The molecule has 0 amide bonds. The number of hydrazone groups is 1. The minimum atomic E-state index is -0.0419. The van der Waals surface area contributed by atoms with E-state index in [1.807, 2.05) is 6.92 Å². The Kier molecular flexibility index (Phi) is 3.43. The van der Waals surface area contributed by atoms with Crippen molar-refractivity contribution < 1.29 is 0 Å². The van der Waals surface area contributed by atoms with Gasteiger partial charge in [0.2, 0.25) is 5.96 Å². The van der Waals surface area contributed by atoms with Crippen LogP contribution in [-0.4, -0.2) is 24.2 Å². The van der Waals surface area contributed by atoms with Gasteiger partial charge in [-0.15, -0.1) is 0 Å². The van der Waals surface area contributed by atoms with Crippen molar-refractivity contribution in [3.8, 4) is 0 Å². The van der Waals surface area contributed by atoms with Gasteiger partial charge in [0.15, 0.2) is 0 Å². The lowest BCUT2D eigenvalue weighted by Gasteiger charge is -2.07. The molecule has 0 aliphatic rings. The lowest BCUT2D eigenvalue weighted by molar-refractivity contribution is 0.535. The number of guanidine groups is 1. The topological polar surface area (TPSA) is 65.5 Å². The largest absolute Gasteiger partial charge is 0.369 e. The molecule has 0 unspecified atom stereocenters. The summed E-state index contributed by atoms with van der Waals surface area (Å²) in [5.41, 5.74) is 5.07. The van der Waals surface area contributed by atoms with Crippen molar-refractivity contribution >= 4 is 12.2 Å². The average molecular weight is 128 g/mol. The normalized spacial score (nSPS) is 10.0. The zero-order chi connectivity index (χ0) is 7.28. The van der Waals surface area contributed by atoms with Gasteiger partial charge in [-0.2, -0.15) is 5.10 Å². The summed E-state index contributed by atoms with van der Waals surface area (Å²) < 4.78 is 0. The minimum absolute atomic E-state index is 0.0419. The van der Waals surface area contributed by atoms with Crippen LogP contribution in [0.3, 0.4) is 0 Å². The van der Waals surface area contributed by atoms with E-state index in [1.54, 1.807) is 13.3 Å². The maximum absolute atomic E-state index is 6.87. The van der Waals surface area contributed by atoms with E-state index in [9.17, 15) is 0 Å². The first-order valence-electron chi connectivity index (χ1n) is 2.78. The molecule has 0 saturated carbocycles. The number of hydrogen-bond donors (Lipinski definition) is 2. The molecule has 0 aromatic rings. The molecule has 0 heterocycles. The molecule has 4 heteroatoms. The number of nitrogens with zero attached hydrogens (tertiary/aromatic N) is 2. The SMILES string of the molecule is CCC=NN(C)C(=N)N. The van der Waals surface area contributed by atoms with Crippen LogP contribution in [0.25, 0.3) is 0 Å². The molecule has 0 aromatic carbocycles. The summed E-state index contributed by atoms with van der Waals surface area (Å²) in [6.07, 6.45) is 2.55. The molecule has 0 aliphatic heterocycles. The number of nitrogens with two attached hydrogens (primary N) is 1. The monoisotopic (exact) mass is 128 g/mol. The van der Waals surface area contributed by atoms with Crippen LogP contribution in [0.5, 0.6) is 0 Å². The van der Waals surface area contributed by atoms with Crippen molar-refractivity contribution in [2.24, 2.45) is 10.8 Å². The molecule has 0 spiro atoms. The van der Waals surface area contributed by atoms with Crippen LogP contribution in [0, 0.1) is 5.41 Å². The molecule has 4 nitrogen and oxygen atoms in total. The van der Waals surface area contributed by atoms with Crippen molar-refractivity contribution in [2.45, 2.75) is 13.3 Å². The van der Waals surface area contributed by atoms with E-state index in [0.29, 0.717) is 0 Å². The summed E-state index contributed by atoms with van der Waals surface area (Å²) in [5, 5.41) is 12.0. The van der Waals surface area contributed by atoms with E-state index in [4.69, 9.17) is 11.1 Å². The van der Waals surface area contributed by atoms with Crippen LogP contribution in [-0.2, 0) is 0 Å². The third-order valence-corrected chi connectivity index (χ3v) is 0.786. The Balaban J connectivity index is 3.62. The first kappa shape index (κ1) is 7.94. The van der Waals surface area contributed by atoms with Crippen LogP contribution < -0.4 is 5.73 Å². The first-order valence-corrected chi connectivity index (χ1v) is 2.78. The van der Waals surface area contributed by atoms with Crippen molar-refractivity contribution in [2.75, 3.05) is 7.05 Å². The van der Waals surface area contributed by atoms with Gasteiger partial charge >= 0.3 is 0 Å². The van der Waals surface area contributed by atoms with Gasteiger partial charge in [-0.25, -0.2) is 5.01 Å². The molecule has 3 N–H and O–H groups in total. The second-order valence-corrected chi connectivity index (χ2v) is 1.62. The standard InChI is InChI=1S/C5H12N4/c1-3-4-8-9(2)5(6)7/h4H,3H2,1-2H3,(H3,6,7).